The Labute approximate surface area is 105 Å². The number of urea groups is 1. The quantitative estimate of drug-likeness (QED) is 0.705. The molecule has 0 aliphatic rings. The number of carboxylic acids is 1. The van der Waals surface area contributed by atoms with Crippen molar-refractivity contribution < 1.29 is 14.7 Å². The second-order valence-electron chi connectivity index (χ2n) is 4.26. The summed E-state index contributed by atoms with van der Waals surface area (Å²) in [5.74, 6) is -1.57. The van der Waals surface area contributed by atoms with E-state index in [1.54, 1.807) is 38.0 Å². The van der Waals surface area contributed by atoms with E-state index in [-0.39, 0.29) is 6.03 Å². The number of aryl methyl sites for hydroxylation is 1. The van der Waals surface area contributed by atoms with E-state index in [4.69, 9.17) is 5.11 Å². The lowest BCUT2D eigenvalue weighted by atomic mass is 10.0. The molecule has 7 heteroatoms. The van der Waals surface area contributed by atoms with Gasteiger partial charge in [0.25, 0.3) is 0 Å². The maximum atomic E-state index is 11.5. The molecule has 1 heterocycles. The first kappa shape index (κ1) is 14.0. The van der Waals surface area contributed by atoms with E-state index in [0.717, 1.165) is 5.56 Å². The Morgan fingerprint density at radius 3 is 2.67 bits per heavy atom. The zero-order chi connectivity index (χ0) is 13.7. The number of aromatic nitrogens is 2. The molecule has 18 heavy (non-hydrogen) atoms. The van der Waals surface area contributed by atoms with Crippen molar-refractivity contribution in [1.29, 1.82) is 0 Å². The molecule has 2 amide bonds. The van der Waals surface area contributed by atoms with Crippen molar-refractivity contribution >= 4 is 12.0 Å². The summed E-state index contributed by atoms with van der Waals surface area (Å²) in [5.41, 5.74) is 0.881. The Hall–Kier alpha value is -2.05. The predicted octanol–water partition coefficient (Wildman–Crippen LogP) is 0.328. The number of hydrogen-bond acceptors (Lipinski definition) is 3. The largest absolute Gasteiger partial charge is 0.481 e. The highest BCUT2D eigenvalue weighted by molar-refractivity contribution is 5.76. The fourth-order valence-electron chi connectivity index (χ4n) is 1.34. The summed E-state index contributed by atoms with van der Waals surface area (Å²) in [6.45, 7) is 3.56. The highest BCUT2D eigenvalue weighted by atomic mass is 16.4. The Morgan fingerprint density at radius 2 is 2.17 bits per heavy atom. The Morgan fingerprint density at radius 1 is 1.50 bits per heavy atom. The van der Waals surface area contributed by atoms with Crippen molar-refractivity contribution in [2.45, 2.75) is 26.4 Å². The third-order valence-electron chi connectivity index (χ3n) is 2.71. The molecule has 0 aliphatic heterocycles. The number of aliphatic carboxylic acids is 1. The second-order valence-corrected chi connectivity index (χ2v) is 4.26. The van der Waals surface area contributed by atoms with Crippen LogP contribution in [0.1, 0.15) is 19.4 Å². The number of carboxylic acid groups (broad SMARTS) is 1. The van der Waals surface area contributed by atoms with Crippen LogP contribution in [-0.2, 0) is 18.4 Å². The van der Waals surface area contributed by atoms with Crippen LogP contribution in [-0.4, -0.2) is 32.9 Å². The first-order valence-electron chi connectivity index (χ1n) is 5.65. The van der Waals surface area contributed by atoms with Crippen molar-refractivity contribution in [3.05, 3.63) is 18.0 Å². The summed E-state index contributed by atoms with van der Waals surface area (Å²) in [6, 6.07) is -0.823. The first-order valence-corrected chi connectivity index (χ1v) is 5.65. The van der Waals surface area contributed by atoms with Crippen molar-refractivity contribution in [1.82, 2.24) is 20.4 Å². The van der Waals surface area contributed by atoms with Gasteiger partial charge in [-0.15, -0.1) is 0 Å². The molecule has 100 valence electrons. The summed E-state index contributed by atoms with van der Waals surface area (Å²) in [7, 11) is 1.79. The van der Waals surface area contributed by atoms with Crippen LogP contribution in [0.5, 0.6) is 0 Å². The lowest BCUT2D eigenvalue weighted by Gasteiger charge is -2.17. The molecule has 2 unspecified atom stereocenters. The molecular formula is C11H18N4O3. The Bertz CT molecular complexity index is 430. The van der Waals surface area contributed by atoms with Gasteiger partial charge < -0.3 is 15.7 Å². The van der Waals surface area contributed by atoms with Crippen molar-refractivity contribution in [2.75, 3.05) is 0 Å². The van der Waals surface area contributed by atoms with Crippen LogP contribution in [0, 0.1) is 5.92 Å². The van der Waals surface area contributed by atoms with Gasteiger partial charge in [-0.25, -0.2) is 4.79 Å². The summed E-state index contributed by atoms with van der Waals surface area (Å²) >= 11 is 0. The summed E-state index contributed by atoms with van der Waals surface area (Å²) < 4.78 is 1.64. The van der Waals surface area contributed by atoms with Crippen LogP contribution in [0.3, 0.4) is 0 Å². The number of nitrogens with one attached hydrogen (secondary N) is 2. The van der Waals surface area contributed by atoms with E-state index in [1.165, 1.54) is 0 Å². The number of amides is 2. The third-order valence-corrected chi connectivity index (χ3v) is 2.71. The molecule has 0 aliphatic carbocycles. The van der Waals surface area contributed by atoms with E-state index in [1.807, 2.05) is 0 Å². The fourth-order valence-corrected chi connectivity index (χ4v) is 1.34. The Kier molecular flexibility index (Phi) is 4.70. The number of nitrogens with zero attached hydrogens (tertiary/aromatic N) is 2. The van der Waals surface area contributed by atoms with Crippen LogP contribution in [0.2, 0.25) is 0 Å². The van der Waals surface area contributed by atoms with Crippen molar-refractivity contribution in [3.63, 3.8) is 0 Å². The molecule has 0 aromatic carbocycles. The van der Waals surface area contributed by atoms with Gasteiger partial charge in [0.05, 0.1) is 12.1 Å². The van der Waals surface area contributed by atoms with E-state index in [2.05, 4.69) is 15.7 Å². The van der Waals surface area contributed by atoms with Gasteiger partial charge in [0, 0.05) is 31.4 Å². The number of hydrogen-bond donors (Lipinski definition) is 3. The summed E-state index contributed by atoms with van der Waals surface area (Å²) in [6.07, 6.45) is 3.45. The highest BCUT2D eigenvalue weighted by Gasteiger charge is 2.20. The zero-order valence-electron chi connectivity index (χ0n) is 10.7. The fraction of sp³-hybridized carbons (Fsp3) is 0.545. The van der Waals surface area contributed by atoms with Gasteiger partial charge in [-0.3, -0.25) is 9.48 Å². The number of rotatable bonds is 5. The van der Waals surface area contributed by atoms with E-state index >= 15 is 0 Å². The van der Waals surface area contributed by atoms with Gasteiger partial charge >= 0.3 is 12.0 Å². The molecule has 1 aromatic heterocycles. The van der Waals surface area contributed by atoms with Crippen LogP contribution < -0.4 is 10.6 Å². The molecule has 0 saturated carbocycles. The number of carbonyl (C=O) groups excluding carboxylic acids is 1. The van der Waals surface area contributed by atoms with Gasteiger partial charge in [0.2, 0.25) is 0 Å². The maximum Gasteiger partial charge on any atom is 0.315 e. The maximum absolute atomic E-state index is 11.5. The van der Waals surface area contributed by atoms with Crippen LogP contribution >= 0.6 is 0 Å². The van der Waals surface area contributed by atoms with Crippen LogP contribution in [0.15, 0.2) is 12.4 Å². The number of carbonyl (C=O) groups is 2. The van der Waals surface area contributed by atoms with Crippen molar-refractivity contribution in [3.8, 4) is 0 Å². The van der Waals surface area contributed by atoms with Crippen LogP contribution in [0.25, 0.3) is 0 Å². The Balaban J connectivity index is 2.35. The average molecular weight is 254 g/mol. The van der Waals surface area contributed by atoms with Crippen molar-refractivity contribution in [2.24, 2.45) is 13.0 Å². The van der Waals surface area contributed by atoms with Crippen LogP contribution in [0.4, 0.5) is 4.79 Å². The molecular weight excluding hydrogens is 236 g/mol. The standard InChI is InChI=1S/C11H18N4O3/c1-7(10(16)17)8(2)14-11(18)12-4-9-5-13-15(3)6-9/h5-8H,4H2,1-3H3,(H,16,17)(H2,12,14,18). The molecule has 1 aromatic rings. The lowest BCUT2D eigenvalue weighted by molar-refractivity contribution is -0.141. The second kappa shape index (κ2) is 6.04. The topological polar surface area (TPSA) is 96.3 Å². The highest BCUT2D eigenvalue weighted by Crippen LogP contribution is 2.02. The first-order chi connectivity index (χ1) is 8.40. The van der Waals surface area contributed by atoms with Gasteiger partial charge in [-0.2, -0.15) is 5.10 Å². The molecule has 0 fully saturated rings. The summed E-state index contributed by atoms with van der Waals surface area (Å²) in [4.78, 5) is 22.2. The van der Waals surface area contributed by atoms with Gasteiger partial charge in [0.1, 0.15) is 0 Å². The smallest absolute Gasteiger partial charge is 0.315 e. The normalized spacial score (nSPS) is 13.7. The minimum atomic E-state index is -0.935. The molecule has 0 bridgehead atoms. The lowest BCUT2D eigenvalue weighted by Crippen LogP contribution is -2.44. The zero-order valence-corrected chi connectivity index (χ0v) is 10.7. The van der Waals surface area contributed by atoms with E-state index < -0.39 is 17.9 Å². The monoisotopic (exact) mass is 254 g/mol. The van der Waals surface area contributed by atoms with Gasteiger partial charge in [-0.1, -0.05) is 0 Å². The third kappa shape index (κ3) is 4.08. The molecule has 3 N–H and O–H groups in total. The van der Waals surface area contributed by atoms with Gasteiger partial charge in [-0.05, 0) is 13.8 Å². The molecule has 0 spiro atoms. The van der Waals surface area contributed by atoms with Gasteiger partial charge in [0.15, 0.2) is 0 Å². The van der Waals surface area contributed by atoms with E-state index in [0.29, 0.717) is 6.54 Å². The molecule has 1 rings (SSSR count). The molecule has 2 atom stereocenters. The minimum absolute atomic E-state index is 0.355. The SMILES string of the molecule is CC(NC(=O)NCc1cnn(C)c1)C(C)C(=O)O. The molecule has 7 nitrogen and oxygen atoms in total. The summed E-state index contributed by atoms with van der Waals surface area (Å²) in [5, 5.41) is 18.0. The molecule has 0 saturated heterocycles. The predicted molar refractivity (Wildman–Crippen MR) is 64.8 cm³/mol. The average Bonchev–Trinajstić information content (AvgIpc) is 2.71. The minimum Gasteiger partial charge on any atom is -0.481 e. The molecule has 0 radical (unpaired) electrons. The van der Waals surface area contributed by atoms with E-state index in [9.17, 15) is 9.59 Å².